The molecule has 1 heterocycles. The second kappa shape index (κ2) is 9.28. The lowest BCUT2D eigenvalue weighted by Gasteiger charge is -2.38. The molecular weight excluding hydrogens is 440 g/mol. The van der Waals surface area contributed by atoms with E-state index >= 15 is 0 Å². The molecule has 0 spiro atoms. The third-order valence-electron chi connectivity index (χ3n) is 5.51. The number of ether oxygens (including phenoxy) is 1. The van der Waals surface area contributed by atoms with Crippen molar-refractivity contribution in [3.05, 3.63) is 53.1 Å². The Morgan fingerprint density at radius 3 is 2.39 bits per heavy atom. The zero-order valence-corrected chi connectivity index (χ0v) is 18.5. The van der Waals surface area contributed by atoms with Crippen molar-refractivity contribution in [1.29, 1.82) is 0 Å². The number of rotatable bonds is 6. The molecular formula is C22H23ClN2O5S. The molecule has 2 N–H and O–H groups in total. The Bertz CT molecular complexity index is 1100. The molecule has 1 fully saturated rings. The van der Waals surface area contributed by atoms with Gasteiger partial charge in [0.1, 0.15) is 11.5 Å². The average Bonchev–Trinajstić information content (AvgIpc) is 2.77. The standard InChI is InChI=1S/C22H23ClN2O5S/c1-3-12-25-13-10-22(11-14-25,21(26)24-27)31(28,29)19-7-4-17(5-8-19)30-18-6-9-20(23)16(2)15-18/h1,4-9,15,27H,10-14H2,2H3,(H,24,26). The third-order valence-corrected chi connectivity index (χ3v) is 8.45. The Morgan fingerprint density at radius 2 is 1.84 bits per heavy atom. The van der Waals surface area contributed by atoms with E-state index in [4.69, 9.17) is 22.8 Å². The van der Waals surface area contributed by atoms with Crippen LogP contribution in [0.1, 0.15) is 18.4 Å². The molecule has 9 heteroatoms. The highest BCUT2D eigenvalue weighted by Gasteiger charge is 2.52. The Morgan fingerprint density at radius 1 is 1.23 bits per heavy atom. The quantitative estimate of drug-likeness (QED) is 0.389. The summed E-state index contributed by atoms with van der Waals surface area (Å²) in [5.41, 5.74) is 2.39. The summed E-state index contributed by atoms with van der Waals surface area (Å²) in [6, 6.07) is 11.0. The molecule has 1 amide bonds. The number of hydrogen-bond donors (Lipinski definition) is 2. The monoisotopic (exact) mass is 462 g/mol. The summed E-state index contributed by atoms with van der Waals surface area (Å²) in [7, 11) is -4.10. The van der Waals surface area contributed by atoms with Gasteiger partial charge in [-0.05, 0) is 67.8 Å². The number of nitrogens with one attached hydrogen (secondary N) is 1. The molecule has 3 rings (SSSR count). The number of piperidine rings is 1. The smallest absolute Gasteiger partial charge is 0.265 e. The van der Waals surface area contributed by atoms with Crippen molar-refractivity contribution in [2.24, 2.45) is 0 Å². The Kier molecular flexibility index (Phi) is 6.92. The number of carbonyl (C=O) groups excluding carboxylic acids is 1. The first-order valence-electron chi connectivity index (χ1n) is 9.62. The second-order valence-corrected chi connectivity index (χ2v) is 10.1. The molecule has 1 aliphatic heterocycles. The van der Waals surface area contributed by atoms with Gasteiger partial charge in [0.05, 0.1) is 11.4 Å². The fraction of sp³-hybridized carbons (Fsp3) is 0.318. The lowest BCUT2D eigenvalue weighted by Crippen LogP contribution is -2.57. The van der Waals surface area contributed by atoms with Crippen molar-refractivity contribution in [1.82, 2.24) is 10.4 Å². The van der Waals surface area contributed by atoms with Gasteiger partial charge in [0.2, 0.25) is 0 Å². The first-order valence-corrected chi connectivity index (χ1v) is 11.5. The highest BCUT2D eigenvalue weighted by molar-refractivity contribution is 7.93. The van der Waals surface area contributed by atoms with Crippen molar-refractivity contribution in [3.63, 3.8) is 0 Å². The van der Waals surface area contributed by atoms with Gasteiger partial charge in [-0.3, -0.25) is 14.9 Å². The zero-order chi connectivity index (χ0) is 22.6. The van der Waals surface area contributed by atoms with Gasteiger partial charge in [0, 0.05) is 18.1 Å². The van der Waals surface area contributed by atoms with Gasteiger partial charge in [0.25, 0.3) is 5.91 Å². The maximum absolute atomic E-state index is 13.4. The van der Waals surface area contributed by atoms with Gasteiger partial charge < -0.3 is 4.74 Å². The maximum atomic E-state index is 13.4. The molecule has 0 saturated carbocycles. The summed E-state index contributed by atoms with van der Waals surface area (Å²) in [4.78, 5) is 14.4. The van der Waals surface area contributed by atoms with Gasteiger partial charge in [-0.25, -0.2) is 13.9 Å². The number of benzene rings is 2. The molecule has 0 aliphatic carbocycles. The number of hydroxylamine groups is 1. The molecule has 2 aromatic rings. The Balaban J connectivity index is 1.86. The van der Waals surface area contributed by atoms with Crippen molar-refractivity contribution >= 4 is 27.3 Å². The summed E-state index contributed by atoms with van der Waals surface area (Å²) in [5.74, 6) is 2.58. The van der Waals surface area contributed by atoms with E-state index < -0.39 is 20.5 Å². The highest BCUT2D eigenvalue weighted by atomic mass is 35.5. The Labute approximate surface area is 186 Å². The van der Waals surface area contributed by atoms with Crippen molar-refractivity contribution in [2.45, 2.75) is 29.4 Å². The molecule has 31 heavy (non-hydrogen) atoms. The molecule has 1 aliphatic rings. The van der Waals surface area contributed by atoms with Crippen LogP contribution >= 0.6 is 11.6 Å². The van der Waals surface area contributed by atoms with Gasteiger partial charge in [-0.1, -0.05) is 17.5 Å². The van der Waals surface area contributed by atoms with Crippen LogP contribution in [0.3, 0.4) is 0 Å². The topological polar surface area (TPSA) is 95.9 Å². The van der Waals surface area contributed by atoms with Crippen molar-refractivity contribution < 1.29 is 23.2 Å². The first-order chi connectivity index (χ1) is 14.7. The predicted molar refractivity (Wildman–Crippen MR) is 117 cm³/mol. The van der Waals surface area contributed by atoms with Crippen LogP contribution in [-0.2, 0) is 14.6 Å². The number of terminal acetylenes is 1. The number of aryl methyl sites for hydroxylation is 1. The van der Waals surface area contributed by atoms with Gasteiger partial charge >= 0.3 is 0 Å². The molecule has 0 atom stereocenters. The number of hydrogen-bond acceptors (Lipinski definition) is 6. The molecule has 0 bridgehead atoms. The fourth-order valence-electron chi connectivity index (χ4n) is 3.65. The van der Waals surface area contributed by atoms with E-state index in [2.05, 4.69) is 5.92 Å². The fourth-order valence-corrected chi connectivity index (χ4v) is 5.72. The number of carbonyl (C=O) groups is 1. The summed E-state index contributed by atoms with van der Waals surface area (Å²) in [5, 5.41) is 9.86. The predicted octanol–water partition coefficient (Wildman–Crippen LogP) is 3.19. The van der Waals surface area contributed by atoms with Gasteiger partial charge in [-0.15, -0.1) is 6.42 Å². The van der Waals surface area contributed by atoms with Gasteiger partial charge in [-0.2, -0.15) is 0 Å². The number of nitrogens with zero attached hydrogens (tertiary/aromatic N) is 1. The third kappa shape index (κ3) is 4.55. The van der Waals surface area contributed by atoms with Gasteiger partial charge in [0.15, 0.2) is 14.6 Å². The lowest BCUT2D eigenvalue weighted by atomic mass is 9.95. The first kappa shape index (κ1) is 23.1. The van der Waals surface area contributed by atoms with E-state index in [1.54, 1.807) is 18.2 Å². The number of sulfone groups is 1. The molecule has 0 aromatic heterocycles. The zero-order valence-electron chi connectivity index (χ0n) is 17.0. The maximum Gasteiger partial charge on any atom is 0.265 e. The van der Waals surface area contributed by atoms with E-state index in [0.717, 1.165) is 5.56 Å². The molecule has 0 radical (unpaired) electrons. The normalized spacial score (nSPS) is 16.3. The minimum Gasteiger partial charge on any atom is -0.457 e. The number of halogens is 1. The molecule has 7 nitrogen and oxygen atoms in total. The van der Waals surface area contributed by atoms with E-state index in [-0.39, 0.29) is 17.7 Å². The number of likely N-dealkylation sites (tertiary alicyclic amines) is 1. The molecule has 1 saturated heterocycles. The molecule has 2 aromatic carbocycles. The van der Waals surface area contributed by atoms with E-state index in [0.29, 0.717) is 36.2 Å². The number of amides is 1. The highest BCUT2D eigenvalue weighted by Crippen LogP contribution is 2.37. The minimum absolute atomic E-state index is 0.0196. The van der Waals surface area contributed by atoms with E-state index in [9.17, 15) is 18.4 Å². The lowest BCUT2D eigenvalue weighted by molar-refractivity contribution is -0.133. The van der Waals surface area contributed by atoms with Crippen LogP contribution in [0, 0.1) is 19.3 Å². The van der Waals surface area contributed by atoms with Crippen molar-refractivity contribution in [2.75, 3.05) is 19.6 Å². The SMILES string of the molecule is C#CCN1CCC(C(=O)NO)(S(=O)(=O)c2ccc(Oc3ccc(Cl)c(C)c3)cc2)CC1. The minimum atomic E-state index is -4.10. The van der Waals surface area contributed by atoms with Crippen LogP contribution in [0.2, 0.25) is 5.02 Å². The van der Waals surface area contributed by atoms with Crippen LogP contribution < -0.4 is 10.2 Å². The average molecular weight is 463 g/mol. The van der Waals surface area contributed by atoms with E-state index in [1.807, 2.05) is 11.8 Å². The largest absolute Gasteiger partial charge is 0.457 e. The second-order valence-electron chi connectivity index (χ2n) is 7.40. The van der Waals surface area contributed by atoms with Crippen LogP contribution in [0.5, 0.6) is 11.5 Å². The van der Waals surface area contributed by atoms with Crippen LogP contribution in [-0.4, -0.2) is 48.8 Å². The van der Waals surface area contributed by atoms with E-state index in [1.165, 1.54) is 29.7 Å². The summed E-state index contributed by atoms with van der Waals surface area (Å²) in [6.45, 7) is 2.88. The molecule has 164 valence electrons. The summed E-state index contributed by atoms with van der Waals surface area (Å²) >= 11 is 6.02. The van der Waals surface area contributed by atoms with Crippen LogP contribution in [0.25, 0.3) is 0 Å². The Hall–Kier alpha value is -2.57. The van der Waals surface area contributed by atoms with Crippen LogP contribution in [0.4, 0.5) is 0 Å². The van der Waals surface area contributed by atoms with Crippen LogP contribution in [0.15, 0.2) is 47.4 Å². The van der Waals surface area contributed by atoms with Crippen molar-refractivity contribution in [3.8, 4) is 23.8 Å². The molecule has 0 unspecified atom stereocenters. The summed E-state index contributed by atoms with van der Waals surface area (Å²) in [6.07, 6.45) is 5.37. The summed E-state index contributed by atoms with van der Waals surface area (Å²) < 4.78 is 30.9.